The van der Waals surface area contributed by atoms with Gasteiger partial charge in [-0.05, 0) is 49.2 Å². The van der Waals surface area contributed by atoms with Crippen molar-refractivity contribution >= 4 is 5.97 Å². The lowest BCUT2D eigenvalue weighted by molar-refractivity contribution is -0.146. The number of methoxy groups -OCH3 is 1. The summed E-state index contributed by atoms with van der Waals surface area (Å²) in [5, 5.41) is 0. The Labute approximate surface area is 129 Å². The van der Waals surface area contributed by atoms with E-state index in [1.165, 1.54) is 19.2 Å². The molecule has 0 amide bonds. The quantitative estimate of drug-likeness (QED) is 0.787. The normalized spacial score (nSPS) is 11.1. The van der Waals surface area contributed by atoms with E-state index >= 15 is 0 Å². The Hall–Kier alpha value is -2.36. The molecule has 0 aliphatic heterocycles. The Kier molecular flexibility index (Phi) is 4.81. The fourth-order valence-electron chi connectivity index (χ4n) is 2.09. The number of esters is 1. The molecule has 0 fully saturated rings. The molecular formula is C18H19FO3. The van der Waals surface area contributed by atoms with Crippen LogP contribution in [0.15, 0.2) is 48.5 Å². The zero-order valence-electron chi connectivity index (χ0n) is 12.9. The largest absolute Gasteiger partial charge is 0.489 e. The number of hydrogen-bond donors (Lipinski definition) is 0. The number of benzene rings is 2. The van der Waals surface area contributed by atoms with E-state index in [1.807, 2.05) is 38.1 Å². The van der Waals surface area contributed by atoms with Crippen LogP contribution in [-0.2, 0) is 21.6 Å². The highest BCUT2D eigenvalue weighted by Gasteiger charge is 2.30. The average molecular weight is 302 g/mol. The first kappa shape index (κ1) is 16.0. The molecule has 0 saturated carbocycles. The molecule has 0 unspecified atom stereocenters. The van der Waals surface area contributed by atoms with Crippen molar-refractivity contribution in [1.82, 2.24) is 0 Å². The Morgan fingerprint density at radius 1 is 1.05 bits per heavy atom. The molecular weight excluding hydrogens is 283 g/mol. The number of carbonyl (C=O) groups is 1. The van der Waals surface area contributed by atoms with E-state index in [1.54, 1.807) is 12.1 Å². The van der Waals surface area contributed by atoms with E-state index in [4.69, 9.17) is 9.47 Å². The van der Waals surface area contributed by atoms with Crippen molar-refractivity contribution in [3.63, 3.8) is 0 Å². The molecule has 0 aliphatic carbocycles. The highest BCUT2D eigenvalue weighted by Crippen LogP contribution is 2.26. The van der Waals surface area contributed by atoms with Crippen molar-refractivity contribution in [1.29, 1.82) is 0 Å². The lowest BCUT2D eigenvalue weighted by atomic mass is 9.85. The minimum absolute atomic E-state index is 0.266. The van der Waals surface area contributed by atoms with E-state index in [-0.39, 0.29) is 11.8 Å². The van der Waals surface area contributed by atoms with E-state index in [0.717, 1.165) is 11.1 Å². The molecule has 0 N–H and O–H groups in total. The maximum atomic E-state index is 12.8. The Morgan fingerprint density at radius 2 is 1.64 bits per heavy atom. The zero-order chi connectivity index (χ0) is 16.2. The topological polar surface area (TPSA) is 35.5 Å². The van der Waals surface area contributed by atoms with Crippen LogP contribution in [0.5, 0.6) is 5.75 Å². The second kappa shape index (κ2) is 6.60. The Balaban J connectivity index is 2.03. The van der Waals surface area contributed by atoms with Crippen LogP contribution in [0.3, 0.4) is 0 Å². The third kappa shape index (κ3) is 3.64. The minimum Gasteiger partial charge on any atom is -0.489 e. The molecule has 116 valence electrons. The predicted molar refractivity (Wildman–Crippen MR) is 82.2 cm³/mol. The van der Waals surface area contributed by atoms with Gasteiger partial charge in [0.05, 0.1) is 12.5 Å². The molecule has 0 atom stereocenters. The molecule has 0 radical (unpaired) electrons. The van der Waals surface area contributed by atoms with Crippen LogP contribution < -0.4 is 4.74 Å². The van der Waals surface area contributed by atoms with Crippen LogP contribution in [0.1, 0.15) is 25.0 Å². The molecule has 3 nitrogen and oxygen atoms in total. The van der Waals surface area contributed by atoms with Gasteiger partial charge in [0, 0.05) is 0 Å². The van der Waals surface area contributed by atoms with E-state index in [0.29, 0.717) is 12.4 Å². The maximum Gasteiger partial charge on any atom is 0.315 e. The first-order valence-electron chi connectivity index (χ1n) is 6.99. The van der Waals surface area contributed by atoms with Crippen molar-refractivity contribution < 1.29 is 18.7 Å². The third-order valence-electron chi connectivity index (χ3n) is 3.59. The van der Waals surface area contributed by atoms with E-state index in [9.17, 15) is 9.18 Å². The first-order valence-corrected chi connectivity index (χ1v) is 6.99. The van der Waals surface area contributed by atoms with Crippen molar-refractivity contribution in [2.75, 3.05) is 7.11 Å². The molecule has 22 heavy (non-hydrogen) atoms. The molecule has 0 saturated heterocycles. The van der Waals surface area contributed by atoms with Gasteiger partial charge in [-0.1, -0.05) is 24.3 Å². The highest BCUT2D eigenvalue weighted by molar-refractivity contribution is 5.82. The monoisotopic (exact) mass is 302 g/mol. The van der Waals surface area contributed by atoms with Crippen LogP contribution in [0.25, 0.3) is 0 Å². The highest BCUT2D eigenvalue weighted by atomic mass is 19.1. The van der Waals surface area contributed by atoms with Crippen LogP contribution in [0, 0.1) is 5.82 Å². The molecule has 2 aromatic rings. The first-order chi connectivity index (χ1) is 10.4. The van der Waals surface area contributed by atoms with Gasteiger partial charge in [0.1, 0.15) is 18.2 Å². The zero-order valence-corrected chi connectivity index (χ0v) is 12.9. The standard InChI is InChI=1S/C18H19FO3/c1-18(2,17(20)21-3)14-6-10-16(11-7-14)22-12-13-4-8-15(19)9-5-13/h4-11H,12H2,1-3H3. The molecule has 0 bridgehead atoms. The summed E-state index contributed by atoms with van der Waals surface area (Å²) in [4.78, 5) is 11.8. The molecule has 0 aromatic heterocycles. The summed E-state index contributed by atoms with van der Waals surface area (Å²) >= 11 is 0. The molecule has 0 spiro atoms. The van der Waals surface area contributed by atoms with Gasteiger partial charge in [-0.15, -0.1) is 0 Å². The van der Waals surface area contributed by atoms with Gasteiger partial charge >= 0.3 is 5.97 Å². The number of halogens is 1. The second-order valence-electron chi connectivity index (χ2n) is 5.56. The molecule has 4 heteroatoms. The second-order valence-corrected chi connectivity index (χ2v) is 5.56. The molecule has 0 aliphatic rings. The summed E-state index contributed by atoms with van der Waals surface area (Å²) in [6, 6.07) is 13.5. The van der Waals surface area contributed by atoms with Gasteiger partial charge in [-0.2, -0.15) is 0 Å². The molecule has 2 rings (SSSR count). The lowest BCUT2D eigenvalue weighted by Crippen LogP contribution is -2.30. The summed E-state index contributed by atoms with van der Waals surface area (Å²) in [7, 11) is 1.38. The van der Waals surface area contributed by atoms with Gasteiger partial charge < -0.3 is 9.47 Å². The summed E-state index contributed by atoms with van der Waals surface area (Å²) in [6.07, 6.45) is 0. The van der Waals surface area contributed by atoms with Crippen molar-refractivity contribution in [2.45, 2.75) is 25.9 Å². The lowest BCUT2D eigenvalue weighted by Gasteiger charge is -2.22. The van der Waals surface area contributed by atoms with Gasteiger partial charge in [-0.3, -0.25) is 4.79 Å². The van der Waals surface area contributed by atoms with Crippen LogP contribution >= 0.6 is 0 Å². The summed E-state index contributed by atoms with van der Waals surface area (Å²) in [5.41, 5.74) is 1.04. The number of rotatable bonds is 5. The van der Waals surface area contributed by atoms with Crippen molar-refractivity contribution in [3.8, 4) is 5.75 Å². The van der Waals surface area contributed by atoms with Gasteiger partial charge in [0.2, 0.25) is 0 Å². The van der Waals surface area contributed by atoms with E-state index < -0.39 is 5.41 Å². The molecule has 2 aromatic carbocycles. The van der Waals surface area contributed by atoms with Gasteiger partial charge in [0.25, 0.3) is 0 Å². The summed E-state index contributed by atoms with van der Waals surface area (Å²) in [5.74, 6) is 0.138. The minimum atomic E-state index is -0.704. The SMILES string of the molecule is COC(=O)C(C)(C)c1ccc(OCc2ccc(F)cc2)cc1. The maximum absolute atomic E-state index is 12.8. The fraction of sp³-hybridized carbons (Fsp3) is 0.278. The van der Waals surface area contributed by atoms with Crippen molar-refractivity contribution in [2.24, 2.45) is 0 Å². The third-order valence-corrected chi connectivity index (χ3v) is 3.59. The number of ether oxygens (including phenoxy) is 2. The predicted octanol–water partition coefficient (Wildman–Crippen LogP) is 3.86. The Bertz CT molecular complexity index is 630. The Morgan fingerprint density at radius 3 is 2.18 bits per heavy atom. The smallest absolute Gasteiger partial charge is 0.315 e. The summed E-state index contributed by atoms with van der Waals surface area (Å²) in [6.45, 7) is 3.99. The van der Waals surface area contributed by atoms with Crippen molar-refractivity contribution in [3.05, 3.63) is 65.5 Å². The number of hydrogen-bond acceptors (Lipinski definition) is 3. The fourth-order valence-corrected chi connectivity index (χ4v) is 2.09. The summed E-state index contributed by atoms with van der Waals surface area (Å²) < 4.78 is 23.3. The van der Waals surface area contributed by atoms with Gasteiger partial charge in [-0.25, -0.2) is 4.39 Å². The van der Waals surface area contributed by atoms with E-state index in [2.05, 4.69) is 0 Å². The van der Waals surface area contributed by atoms with Crippen LogP contribution in [-0.4, -0.2) is 13.1 Å². The van der Waals surface area contributed by atoms with Crippen LogP contribution in [0.4, 0.5) is 4.39 Å². The average Bonchev–Trinajstić information content (AvgIpc) is 2.54. The van der Waals surface area contributed by atoms with Crippen LogP contribution in [0.2, 0.25) is 0 Å². The van der Waals surface area contributed by atoms with Gasteiger partial charge in [0.15, 0.2) is 0 Å². The molecule has 0 heterocycles. The number of carbonyl (C=O) groups excluding carboxylic acids is 1.